The first-order valence-electron chi connectivity index (χ1n) is 2.90. The van der Waals surface area contributed by atoms with E-state index in [0.29, 0.717) is 0 Å². The minimum Gasteiger partial charge on any atom is -0.480 e. The van der Waals surface area contributed by atoms with Gasteiger partial charge in [0.25, 0.3) is 0 Å². The standard InChI is InChI=1S/C7H8O4/c1-3-5(9)6(4(2)8)7(10)11/h3,6H,1H2,2H3,(H,10,11). The Kier molecular flexibility index (Phi) is 3.17. The van der Waals surface area contributed by atoms with Crippen molar-refractivity contribution in [3.63, 3.8) is 0 Å². The van der Waals surface area contributed by atoms with E-state index in [9.17, 15) is 14.4 Å². The van der Waals surface area contributed by atoms with Crippen LogP contribution in [0.15, 0.2) is 12.7 Å². The van der Waals surface area contributed by atoms with Crippen LogP contribution in [0.2, 0.25) is 0 Å². The van der Waals surface area contributed by atoms with Crippen molar-refractivity contribution in [2.45, 2.75) is 6.92 Å². The minimum atomic E-state index is -1.58. The van der Waals surface area contributed by atoms with Crippen LogP contribution in [0.3, 0.4) is 0 Å². The molecule has 11 heavy (non-hydrogen) atoms. The quantitative estimate of drug-likeness (QED) is 0.460. The largest absolute Gasteiger partial charge is 0.480 e. The molecule has 0 aromatic rings. The van der Waals surface area contributed by atoms with Crippen LogP contribution in [0.1, 0.15) is 6.92 Å². The maximum atomic E-state index is 10.7. The number of carboxylic acids is 1. The molecule has 0 aromatic carbocycles. The van der Waals surface area contributed by atoms with Crippen molar-refractivity contribution in [1.82, 2.24) is 0 Å². The molecule has 0 rings (SSSR count). The summed E-state index contributed by atoms with van der Waals surface area (Å²) < 4.78 is 0. The third kappa shape index (κ3) is 2.33. The van der Waals surface area contributed by atoms with Crippen LogP contribution < -0.4 is 0 Å². The Bertz CT molecular complexity index is 202. The third-order valence-electron chi connectivity index (χ3n) is 1.14. The van der Waals surface area contributed by atoms with E-state index in [1.54, 1.807) is 0 Å². The Morgan fingerprint density at radius 3 is 2.00 bits per heavy atom. The Balaban J connectivity index is 4.60. The summed E-state index contributed by atoms with van der Waals surface area (Å²) in [6, 6.07) is 0. The predicted molar refractivity (Wildman–Crippen MR) is 37.0 cm³/mol. The fraction of sp³-hybridized carbons (Fsp3) is 0.286. The SMILES string of the molecule is C=CC(=O)C(C(C)=O)C(=O)O. The van der Waals surface area contributed by atoms with Crippen LogP contribution in [-0.2, 0) is 14.4 Å². The molecule has 60 valence electrons. The fourth-order valence-corrected chi connectivity index (χ4v) is 0.614. The van der Waals surface area contributed by atoms with Gasteiger partial charge in [-0.25, -0.2) is 0 Å². The average Bonchev–Trinajstić information content (AvgIpc) is 1.85. The highest BCUT2D eigenvalue weighted by atomic mass is 16.4. The lowest BCUT2D eigenvalue weighted by Crippen LogP contribution is -2.28. The van der Waals surface area contributed by atoms with E-state index in [0.717, 1.165) is 13.0 Å². The molecule has 0 radical (unpaired) electrons. The highest BCUT2D eigenvalue weighted by Gasteiger charge is 2.28. The Labute approximate surface area is 63.5 Å². The van der Waals surface area contributed by atoms with Crippen LogP contribution in [0.4, 0.5) is 0 Å². The van der Waals surface area contributed by atoms with Gasteiger partial charge in [-0.3, -0.25) is 14.4 Å². The molecule has 0 aromatic heterocycles. The lowest BCUT2D eigenvalue weighted by atomic mass is 10.0. The number of carbonyl (C=O) groups excluding carboxylic acids is 2. The summed E-state index contributed by atoms with van der Waals surface area (Å²) in [5.74, 6) is -4.46. The van der Waals surface area contributed by atoms with Gasteiger partial charge in [-0.1, -0.05) is 6.58 Å². The number of ketones is 2. The smallest absolute Gasteiger partial charge is 0.322 e. The second-order valence-corrected chi connectivity index (χ2v) is 1.99. The second-order valence-electron chi connectivity index (χ2n) is 1.99. The first-order valence-corrected chi connectivity index (χ1v) is 2.90. The molecular formula is C7H8O4. The molecule has 0 amide bonds. The summed E-state index contributed by atoms with van der Waals surface area (Å²) >= 11 is 0. The number of Topliss-reactive ketones (excluding diaryl/α,β-unsaturated/α-hetero) is 1. The van der Waals surface area contributed by atoms with Gasteiger partial charge in [-0.2, -0.15) is 0 Å². The van der Waals surface area contributed by atoms with Gasteiger partial charge in [-0.05, 0) is 13.0 Å². The number of hydrogen-bond acceptors (Lipinski definition) is 3. The molecule has 0 aliphatic rings. The van der Waals surface area contributed by atoms with Crippen LogP contribution in [-0.4, -0.2) is 22.6 Å². The van der Waals surface area contributed by atoms with Crippen molar-refractivity contribution in [2.24, 2.45) is 5.92 Å². The van der Waals surface area contributed by atoms with Crippen LogP contribution in [0, 0.1) is 5.92 Å². The lowest BCUT2D eigenvalue weighted by molar-refractivity contribution is -0.148. The van der Waals surface area contributed by atoms with E-state index in [-0.39, 0.29) is 0 Å². The summed E-state index contributed by atoms with van der Waals surface area (Å²) in [4.78, 5) is 31.5. The molecule has 1 unspecified atom stereocenters. The molecule has 1 N–H and O–H groups in total. The van der Waals surface area contributed by atoms with Crippen LogP contribution in [0.5, 0.6) is 0 Å². The first-order chi connectivity index (χ1) is 5.00. The van der Waals surface area contributed by atoms with Gasteiger partial charge in [0.05, 0.1) is 0 Å². The Morgan fingerprint density at radius 2 is 1.91 bits per heavy atom. The normalized spacial score (nSPS) is 11.7. The molecule has 0 aliphatic heterocycles. The van der Waals surface area contributed by atoms with E-state index in [1.165, 1.54) is 0 Å². The molecule has 1 atom stereocenters. The number of allylic oxidation sites excluding steroid dienone is 1. The average molecular weight is 156 g/mol. The van der Waals surface area contributed by atoms with Crippen molar-refractivity contribution < 1.29 is 19.5 Å². The first kappa shape index (κ1) is 9.55. The van der Waals surface area contributed by atoms with Crippen LogP contribution >= 0.6 is 0 Å². The number of rotatable bonds is 4. The highest BCUT2D eigenvalue weighted by molar-refractivity contribution is 6.19. The minimum absolute atomic E-state index is 0.678. The summed E-state index contributed by atoms with van der Waals surface area (Å²) in [5, 5.41) is 8.36. The molecule has 0 spiro atoms. The number of aliphatic carboxylic acids is 1. The maximum Gasteiger partial charge on any atom is 0.322 e. The zero-order valence-electron chi connectivity index (χ0n) is 6.03. The molecule has 0 heterocycles. The van der Waals surface area contributed by atoms with Crippen molar-refractivity contribution >= 4 is 17.5 Å². The molecule has 0 aliphatic carbocycles. The van der Waals surface area contributed by atoms with E-state index < -0.39 is 23.5 Å². The van der Waals surface area contributed by atoms with E-state index in [1.807, 2.05) is 0 Å². The predicted octanol–water partition coefficient (Wildman–Crippen LogP) is 0.0313. The number of hydrogen-bond donors (Lipinski definition) is 1. The highest BCUT2D eigenvalue weighted by Crippen LogP contribution is 2.00. The van der Waals surface area contributed by atoms with E-state index in [4.69, 9.17) is 5.11 Å². The molecule has 0 bridgehead atoms. The van der Waals surface area contributed by atoms with E-state index in [2.05, 4.69) is 6.58 Å². The zero-order valence-corrected chi connectivity index (χ0v) is 6.03. The van der Waals surface area contributed by atoms with Crippen molar-refractivity contribution in [2.75, 3.05) is 0 Å². The van der Waals surface area contributed by atoms with Crippen molar-refractivity contribution in [3.05, 3.63) is 12.7 Å². The summed E-state index contributed by atoms with van der Waals surface area (Å²) in [6.07, 6.45) is 0.834. The Morgan fingerprint density at radius 1 is 1.45 bits per heavy atom. The molecule has 4 heteroatoms. The van der Waals surface area contributed by atoms with Gasteiger partial charge in [-0.15, -0.1) is 0 Å². The lowest BCUT2D eigenvalue weighted by Gasteiger charge is -2.01. The molecular weight excluding hydrogens is 148 g/mol. The topological polar surface area (TPSA) is 71.4 Å². The summed E-state index contributed by atoms with van der Waals surface area (Å²) in [7, 11) is 0. The summed E-state index contributed by atoms with van der Waals surface area (Å²) in [6.45, 7) is 4.14. The van der Waals surface area contributed by atoms with E-state index >= 15 is 0 Å². The fourth-order valence-electron chi connectivity index (χ4n) is 0.614. The van der Waals surface area contributed by atoms with Gasteiger partial charge in [0.1, 0.15) is 0 Å². The van der Waals surface area contributed by atoms with Crippen molar-refractivity contribution in [1.29, 1.82) is 0 Å². The monoisotopic (exact) mass is 156 g/mol. The Hall–Kier alpha value is -1.45. The zero-order chi connectivity index (χ0) is 9.02. The molecule has 4 nitrogen and oxygen atoms in total. The van der Waals surface area contributed by atoms with Gasteiger partial charge in [0.2, 0.25) is 0 Å². The van der Waals surface area contributed by atoms with Gasteiger partial charge < -0.3 is 5.11 Å². The second kappa shape index (κ2) is 3.65. The van der Waals surface area contributed by atoms with Gasteiger partial charge >= 0.3 is 5.97 Å². The summed E-state index contributed by atoms with van der Waals surface area (Å²) in [5.41, 5.74) is 0. The maximum absolute atomic E-state index is 10.7. The molecule has 0 saturated carbocycles. The van der Waals surface area contributed by atoms with Gasteiger partial charge in [0, 0.05) is 0 Å². The number of carboxylic acid groups (broad SMARTS) is 1. The molecule has 0 fully saturated rings. The van der Waals surface area contributed by atoms with Gasteiger partial charge in [0.15, 0.2) is 17.5 Å². The number of carbonyl (C=O) groups is 3. The van der Waals surface area contributed by atoms with Crippen LogP contribution in [0.25, 0.3) is 0 Å². The molecule has 0 saturated heterocycles. The third-order valence-corrected chi connectivity index (χ3v) is 1.14. The van der Waals surface area contributed by atoms with Crippen molar-refractivity contribution in [3.8, 4) is 0 Å².